The van der Waals surface area contributed by atoms with Gasteiger partial charge in [0.1, 0.15) is 18.0 Å². The molecule has 0 aromatic heterocycles. The zero-order chi connectivity index (χ0) is 12.4. The van der Waals surface area contributed by atoms with Crippen molar-refractivity contribution in [1.29, 1.82) is 5.26 Å². The van der Waals surface area contributed by atoms with E-state index in [2.05, 4.69) is 0 Å². The molecule has 2 rings (SSSR count). The second kappa shape index (κ2) is 4.34. The first-order chi connectivity index (χ1) is 8.17. The molecule has 1 amide bonds. The fraction of sp³-hybridized carbons (Fsp3) is 0.333. The number of nitriles is 1. The maximum absolute atomic E-state index is 12.0. The van der Waals surface area contributed by atoms with E-state index in [0.717, 1.165) is 0 Å². The van der Waals surface area contributed by atoms with Gasteiger partial charge in [0.05, 0.1) is 11.8 Å². The van der Waals surface area contributed by atoms with Crippen LogP contribution in [0.1, 0.15) is 13.3 Å². The van der Waals surface area contributed by atoms with Crippen LogP contribution in [0.25, 0.3) is 0 Å². The smallest absolute Gasteiger partial charge is 0.269 e. The number of phenolic OH excluding ortho intramolecular Hbond substituents is 1. The highest BCUT2D eigenvalue weighted by atomic mass is 16.5. The molecule has 0 spiro atoms. The normalized spacial score (nSPS) is 18.2. The van der Waals surface area contributed by atoms with Crippen LogP contribution < -0.4 is 9.64 Å². The van der Waals surface area contributed by atoms with Crippen LogP contribution in [0.2, 0.25) is 0 Å². The molecule has 1 aromatic carbocycles. The lowest BCUT2D eigenvalue weighted by atomic mass is 10.1. The molecule has 88 valence electrons. The van der Waals surface area contributed by atoms with Gasteiger partial charge in [-0.2, -0.15) is 5.26 Å². The molecule has 5 heteroatoms. The second-order valence-corrected chi connectivity index (χ2v) is 3.75. The zero-order valence-electron chi connectivity index (χ0n) is 9.38. The fourth-order valence-electron chi connectivity index (χ4n) is 1.80. The van der Waals surface area contributed by atoms with Gasteiger partial charge in [0.15, 0.2) is 6.10 Å². The number of phenols is 1. The first kappa shape index (κ1) is 11.3. The number of fused-ring (bicyclic) bond motifs is 1. The Morgan fingerprint density at radius 1 is 1.59 bits per heavy atom. The number of rotatable bonds is 2. The highest BCUT2D eigenvalue weighted by molar-refractivity contribution is 6.00. The van der Waals surface area contributed by atoms with Crippen molar-refractivity contribution in [3.63, 3.8) is 0 Å². The summed E-state index contributed by atoms with van der Waals surface area (Å²) >= 11 is 0. The first-order valence-electron chi connectivity index (χ1n) is 5.35. The number of aromatic hydroxyl groups is 1. The van der Waals surface area contributed by atoms with Gasteiger partial charge in [-0.25, -0.2) is 0 Å². The number of nitrogens with zero attached hydrogens (tertiary/aromatic N) is 2. The van der Waals surface area contributed by atoms with Crippen LogP contribution in [0, 0.1) is 11.3 Å². The molecule has 0 saturated heterocycles. The van der Waals surface area contributed by atoms with Gasteiger partial charge in [-0.05, 0) is 18.6 Å². The zero-order valence-corrected chi connectivity index (χ0v) is 9.38. The molecule has 0 fully saturated rings. The molecule has 1 N–H and O–H groups in total. The summed E-state index contributed by atoms with van der Waals surface area (Å²) in [6, 6.07) is 6.46. The number of hydrogen-bond acceptors (Lipinski definition) is 4. The minimum Gasteiger partial charge on any atom is -0.508 e. The van der Waals surface area contributed by atoms with Gasteiger partial charge in [0.25, 0.3) is 5.91 Å². The molecule has 1 aliphatic rings. The summed E-state index contributed by atoms with van der Waals surface area (Å²) in [4.78, 5) is 13.3. The van der Waals surface area contributed by atoms with Crippen LogP contribution in [0.5, 0.6) is 11.5 Å². The Balaban J connectivity index is 2.47. The predicted molar refractivity (Wildman–Crippen MR) is 60.8 cm³/mol. The summed E-state index contributed by atoms with van der Waals surface area (Å²) < 4.78 is 5.51. The van der Waals surface area contributed by atoms with Crippen molar-refractivity contribution in [3.8, 4) is 17.6 Å². The van der Waals surface area contributed by atoms with E-state index < -0.39 is 6.10 Å². The quantitative estimate of drug-likeness (QED) is 0.782. The highest BCUT2D eigenvalue weighted by Crippen LogP contribution is 2.36. The molecule has 1 unspecified atom stereocenters. The highest BCUT2D eigenvalue weighted by Gasteiger charge is 2.33. The van der Waals surface area contributed by atoms with Crippen molar-refractivity contribution in [1.82, 2.24) is 0 Å². The number of ether oxygens (including phenoxy) is 1. The number of amides is 1. The monoisotopic (exact) mass is 232 g/mol. The van der Waals surface area contributed by atoms with Crippen molar-refractivity contribution in [2.75, 3.05) is 11.4 Å². The van der Waals surface area contributed by atoms with Crippen LogP contribution in [0.4, 0.5) is 5.69 Å². The van der Waals surface area contributed by atoms with Gasteiger partial charge in [-0.1, -0.05) is 6.92 Å². The van der Waals surface area contributed by atoms with Crippen LogP contribution in [-0.4, -0.2) is 23.7 Å². The number of carbonyl (C=O) groups excluding carboxylic acids is 1. The minimum atomic E-state index is -0.555. The number of carbonyl (C=O) groups is 1. The van der Waals surface area contributed by atoms with Crippen LogP contribution in [0.3, 0.4) is 0 Å². The van der Waals surface area contributed by atoms with E-state index in [1.807, 2.05) is 13.0 Å². The molecular weight excluding hydrogens is 220 g/mol. The van der Waals surface area contributed by atoms with Crippen LogP contribution in [0.15, 0.2) is 18.2 Å². The third kappa shape index (κ3) is 1.89. The maximum Gasteiger partial charge on any atom is 0.269 e. The standard InChI is InChI=1S/C12H12N2O3/c1-2-10-12(16)14(6-5-13)9-7-8(15)3-4-11(9)17-10/h3-4,7,10,15H,2,6H2,1H3. The van der Waals surface area contributed by atoms with Gasteiger partial charge in [0.2, 0.25) is 0 Å². The predicted octanol–water partition coefficient (Wildman–Crippen LogP) is 1.42. The Morgan fingerprint density at radius 2 is 2.35 bits per heavy atom. The Kier molecular flexibility index (Phi) is 2.88. The average molecular weight is 232 g/mol. The van der Waals surface area contributed by atoms with Crippen molar-refractivity contribution in [2.45, 2.75) is 19.4 Å². The Hall–Kier alpha value is -2.22. The second-order valence-electron chi connectivity index (χ2n) is 3.75. The Morgan fingerprint density at radius 3 is 3.00 bits per heavy atom. The molecule has 0 aliphatic carbocycles. The average Bonchev–Trinajstić information content (AvgIpc) is 2.33. The van der Waals surface area contributed by atoms with E-state index in [0.29, 0.717) is 17.9 Å². The van der Waals surface area contributed by atoms with E-state index in [1.165, 1.54) is 17.0 Å². The summed E-state index contributed by atoms with van der Waals surface area (Å²) in [7, 11) is 0. The summed E-state index contributed by atoms with van der Waals surface area (Å²) in [5, 5.41) is 18.2. The van der Waals surface area contributed by atoms with Gasteiger partial charge in [-0.15, -0.1) is 0 Å². The summed E-state index contributed by atoms with van der Waals surface area (Å²) in [6.07, 6.45) is -0.0125. The molecule has 0 radical (unpaired) electrons. The summed E-state index contributed by atoms with van der Waals surface area (Å²) in [5.74, 6) is 0.315. The SMILES string of the molecule is CCC1Oc2ccc(O)cc2N(CC#N)C1=O. The molecule has 1 aromatic rings. The first-order valence-corrected chi connectivity index (χ1v) is 5.35. The maximum atomic E-state index is 12.0. The largest absolute Gasteiger partial charge is 0.508 e. The van der Waals surface area contributed by atoms with Crippen molar-refractivity contribution < 1.29 is 14.6 Å². The fourth-order valence-corrected chi connectivity index (χ4v) is 1.80. The molecule has 0 bridgehead atoms. The number of hydrogen-bond donors (Lipinski definition) is 1. The minimum absolute atomic E-state index is 0.0399. The molecular formula is C12H12N2O3. The molecule has 1 heterocycles. The lowest BCUT2D eigenvalue weighted by Gasteiger charge is -2.32. The lowest BCUT2D eigenvalue weighted by molar-refractivity contribution is -0.126. The van der Waals surface area contributed by atoms with Crippen LogP contribution >= 0.6 is 0 Å². The third-order valence-corrected chi connectivity index (χ3v) is 2.64. The molecule has 0 saturated carbocycles. The van der Waals surface area contributed by atoms with E-state index in [-0.39, 0.29) is 18.2 Å². The third-order valence-electron chi connectivity index (χ3n) is 2.64. The van der Waals surface area contributed by atoms with Crippen molar-refractivity contribution in [3.05, 3.63) is 18.2 Å². The van der Waals surface area contributed by atoms with Gasteiger partial charge in [-0.3, -0.25) is 9.69 Å². The van der Waals surface area contributed by atoms with Crippen molar-refractivity contribution in [2.24, 2.45) is 0 Å². The molecule has 1 aliphatic heterocycles. The van der Waals surface area contributed by atoms with E-state index in [9.17, 15) is 9.90 Å². The summed E-state index contributed by atoms with van der Waals surface area (Å²) in [6.45, 7) is 1.80. The lowest BCUT2D eigenvalue weighted by Crippen LogP contribution is -2.45. The Bertz CT molecular complexity index is 493. The Labute approximate surface area is 98.8 Å². The summed E-state index contributed by atoms with van der Waals surface area (Å²) in [5.41, 5.74) is 0.446. The molecule has 17 heavy (non-hydrogen) atoms. The molecule has 1 atom stereocenters. The number of benzene rings is 1. The van der Waals surface area contributed by atoms with Gasteiger partial charge in [0, 0.05) is 6.07 Å². The van der Waals surface area contributed by atoms with E-state index >= 15 is 0 Å². The van der Waals surface area contributed by atoms with Crippen LogP contribution in [-0.2, 0) is 4.79 Å². The van der Waals surface area contributed by atoms with E-state index in [4.69, 9.17) is 10.00 Å². The van der Waals surface area contributed by atoms with Gasteiger partial charge >= 0.3 is 0 Å². The topological polar surface area (TPSA) is 73.6 Å². The van der Waals surface area contributed by atoms with E-state index in [1.54, 1.807) is 6.07 Å². The van der Waals surface area contributed by atoms with Crippen molar-refractivity contribution >= 4 is 11.6 Å². The number of anilines is 1. The molecule has 5 nitrogen and oxygen atoms in total. The van der Waals surface area contributed by atoms with Gasteiger partial charge < -0.3 is 9.84 Å².